The molecule has 1 atom stereocenters. The lowest BCUT2D eigenvalue weighted by molar-refractivity contribution is 0.273. The molecule has 17 heavy (non-hydrogen) atoms. The molecule has 0 aromatic heterocycles. The maximum Gasteiger partial charge on any atom is 0.0991 e. The lowest BCUT2D eigenvalue weighted by Gasteiger charge is -2.31. The monoisotopic (exact) mass is 246 g/mol. The second kappa shape index (κ2) is 6.09. The lowest BCUT2D eigenvalue weighted by atomic mass is 10.1. The summed E-state index contributed by atoms with van der Waals surface area (Å²) in [5.41, 5.74) is 2.02. The summed E-state index contributed by atoms with van der Waals surface area (Å²) in [7, 11) is 0. The molecule has 1 unspecified atom stereocenters. The number of benzene rings is 1. The van der Waals surface area contributed by atoms with Crippen LogP contribution in [0.25, 0.3) is 0 Å². The van der Waals surface area contributed by atoms with Crippen LogP contribution >= 0.6 is 11.8 Å². The molecule has 1 saturated heterocycles. The molecule has 2 rings (SSSR count). The van der Waals surface area contributed by atoms with Gasteiger partial charge in [0.1, 0.15) is 0 Å². The Morgan fingerprint density at radius 1 is 1.53 bits per heavy atom. The Bertz CT molecular complexity index is 411. The number of thioether (sulfide) groups is 1. The molecule has 1 aromatic carbocycles. The molecular weight excluding hydrogens is 228 g/mol. The maximum atomic E-state index is 8.88. The van der Waals surface area contributed by atoms with Crippen molar-refractivity contribution in [3.05, 3.63) is 35.4 Å². The Hall–Kier alpha value is -0.980. The smallest absolute Gasteiger partial charge is 0.0991 e. The summed E-state index contributed by atoms with van der Waals surface area (Å²) in [5, 5.41) is 9.66. The van der Waals surface area contributed by atoms with Crippen LogP contribution in [-0.4, -0.2) is 29.0 Å². The van der Waals surface area contributed by atoms with E-state index in [1.54, 1.807) is 0 Å². The number of hydrogen-bond acceptors (Lipinski definition) is 3. The van der Waals surface area contributed by atoms with E-state index in [1.165, 1.54) is 24.3 Å². The van der Waals surface area contributed by atoms with Gasteiger partial charge < -0.3 is 0 Å². The summed E-state index contributed by atoms with van der Waals surface area (Å²) >= 11 is 2.09. The quantitative estimate of drug-likeness (QED) is 0.820. The third-order valence-electron chi connectivity index (χ3n) is 3.14. The summed E-state index contributed by atoms with van der Waals surface area (Å²) in [6.45, 7) is 5.58. The van der Waals surface area contributed by atoms with Crippen LogP contribution in [-0.2, 0) is 6.54 Å². The van der Waals surface area contributed by atoms with Gasteiger partial charge in [-0.3, -0.25) is 4.90 Å². The molecule has 1 aliphatic heterocycles. The average Bonchev–Trinajstić information content (AvgIpc) is 2.39. The van der Waals surface area contributed by atoms with Crippen molar-refractivity contribution in [2.75, 3.05) is 18.8 Å². The van der Waals surface area contributed by atoms with Crippen molar-refractivity contribution in [2.45, 2.75) is 25.1 Å². The highest BCUT2D eigenvalue weighted by molar-refractivity contribution is 8.00. The van der Waals surface area contributed by atoms with Gasteiger partial charge >= 0.3 is 0 Å². The molecule has 90 valence electrons. The van der Waals surface area contributed by atoms with Crippen molar-refractivity contribution in [3.8, 4) is 6.07 Å². The Morgan fingerprint density at radius 3 is 3.18 bits per heavy atom. The van der Waals surface area contributed by atoms with E-state index in [1.807, 2.05) is 18.2 Å². The van der Waals surface area contributed by atoms with Crippen molar-refractivity contribution in [1.82, 2.24) is 4.90 Å². The molecule has 0 saturated carbocycles. The highest BCUT2D eigenvalue weighted by atomic mass is 32.2. The largest absolute Gasteiger partial charge is 0.297 e. The number of rotatable bonds is 3. The van der Waals surface area contributed by atoms with Crippen LogP contribution in [0.2, 0.25) is 0 Å². The van der Waals surface area contributed by atoms with Crippen molar-refractivity contribution < 1.29 is 0 Å². The van der Waals surface area contributed by atoms with Gasteiger partial charge in [-0.15, -0.1) is 0 Å². The fourth-order valence-electron chi connectivity index (χ4n) is 2.17. The van der Waals surface area contributed by atoms with Gasteiger partial charge in [0.05, 0.1) is 11.6 Å². The van der Waals surface area contributed by atoms with E-state index in [0.29, 0.717) is 0 Å². The first-order chi connectivity index (χ1) is 8.31. The van der Waals surface area contributed by atoms with E-state index < -0.39 is 0 Å². The van der Waals surface area contributed by atoms with Crippen LogP contribution in [0.1, 0.15) is 24.5 Å². The van der Waals surface area contributed by atoms with Gasteiger partial charge in [0, 0.05) is 30.6 Å². The summed E-state index contributed by atoms with van der Waals surface area (Å²) < 4.78 is 0. The van der Waals surface area contributed by atoms with Gasteiger partial charge in [-0.2, -0.15) is 17.0 Å². The summed E-state index contributed by atoms with van der Waals surface area (Å²) in [6, 6.07) is 10.2. The second-order valence-corrected chi connectivity index (χ2v) is 5.86. The van der Waals surface area contributed by atoms with Crippen LogP contribution in [0.15, 0.2) is 24.3 Å². The van der Waals surface area contributed by atoms with E-state index in [0.717, 1.165) is 23.9 Å². The van der Waals surface area contributed by atoms with E-state index in [4.69, 9.17) is 5.26 Å². The zero-order valence-electron chi connectivity index (χ0n) is 10.2. The maximum absolute atomic E-state index is 8.88. The van der Waals surface area contributed by atoms with Gasteiger partial charge in [0.15, 0.2) is 0 Å². The molecule has 0 spiro atoms. The fraction of sp³-hybridized carbons (Fsp3) is 0.500. The molecule has 0 aliphatic carbocycles. The Kier molecular flexibility index (Phi) is 4.47. The Balaban J connectivity index is 1.98. The van der Waals surface area contributed by atoms with Crippen LogP contribution in [0.3, 0.4) is 0 Å². The van der Waals surface area contributed by atoms with Gasteiger partial charge in [0.25, 0.3) is 0 Å². The molecule has 0 N–H and O–H groups in total. The molecule has 3 heteroatoms. The fourth-order valence-corrected chi connectivity index (χ4v) is 3.42. The first-order valence-electron chi connectivity index (χ1n) is 6.15. The van der Waals surface area contributed by atoms with Crippen molar-refractivity contribution >= 4 is 11.8 Å². The lowest BCUT2D eigenvalue weighted by Crippen LogP contribution is -2.37. The minimum absolute atomic E-state index is 0.765. The molecule has 1 heterocycles. The molecule has 0 radical (unpaired) electrons. The first-order valence-corrected chi connectivity index (χ1v) is 7.19. The second-order valence-electron chi connectivity index (χ2n) is 4.45. The normalized spacial score (nSPS) is 21.1. The molecule has 1 aliphatic rings. The van der Waals surface area contributed by atoms with Crippen LogP contribution in [0.4, 0.5) is 0 Å². The molecule has 0 amide bonds. The van der Waals surface area contributed by atoms with E-state index >= 15 is 0 Å². The van der Waals surface area contributed by atoms with E-state index in [-0.39, 0.29) is 0 Å². The zero-order valence-corrected chi connectivity index (χ0v) is 11.0. The van der Waals surface area contributed by atoms with Crippen LogP contribution < -0.4 is 0 Å². The van der Waals surface area contributed by atoms with Crippen LogP contribution in [0, 0.1) is 11.3 Å². The zero-order chi connectivity index (χ0) is 12.1. The van der Waals surface area contributed by atoms with Gasteiger partial charge in [-0.25, -0.2) is 0 Å². The molecule has 1 aromatic rings. The first kappa shape index (κ1) is 12.5. The van der Waals surface area contributed by atoms with Gasteiger partial charge in [-0.05, 0) is 24.1 Å². The standard InChI is InChI=1S/C14H18N2S/c1-2-14-11-16(6-7-17-14)10-13-5-3-4-12(8-13)9-15/h3-5,8,14H,2,6-7,10-11H2,1H3. The van der Waals surface area contributed by atoms with E-state index in [9.17, 15) is 0 Å². The number of nitrogens with zero attached hydrogens (tertiary/aromatic N) is 2. The molecular formula is C14H18N2S. The number of hydrogen-bond donors (Lipinski definition) is 0. The van der Waals surface area contributed by atoms with E-state index in [2.05, 4.69) is 35.7 Å². The van der Waals surface area contributed by atoms with Crippen molar-refractivity contribution in [3.63, 3.8) is 0 Å². The Morgan fingerprint density at radius 2 is 2.41 bits per heavy atom. The summed E-state index contributed by atoms with van der Waals surface area (Å²) in [5.74, 6) is 1.23. The highest BCUT2D eigenvalue weighted by Crippen LogP contribution is 2.22. The third-order valence-corrected chi connectivity index (χ3v) is 4.51. The number of nitriles is 1. The molecule has 1 fully saturated rings. The van der Waals surface area contributed by atoms with Crippen LogP contribution in [0.5, 0.6) is 0 Å². The average molecular weight is 246 g/mol. The molecule has 2 nitrogen and oxygen atoms in total. The minimum atomic E-state index is 0.765. The van der Waals surface area contributed by atoms with Gasteiger partial charge in [0.2, 0.25) is 0 Å². The summed E-state index contributed by atoms with van der Waals surface area (Å²) in [4.78, 5) is 2.50. The Labute approximate surface area is 108 Å². The third kappa shape index (κ3) is 3.49. The van der Waals surface area contributed by atoms with Crippen molar-refractivity contribution in [1.29, 1.82) is 5.26 Å². The van der Waals surface area contributed by atoms with Gasteiger partial charge in [-0.1, -0.05) is 19.1 Å². The topological polar surface area (TPSA) is 27.0 Å². The molecule has 0 bridgehead atoms. The summed E-state index contributed by atoms with van der Waals surface area (Å²) in [6.07, 6.45) is 1.25. The predicted molar refractivity (Wildman–Crippen MR) is 73.0 cm³/mol. The van der Waals surface area contributed by atoms with Crippen molar-refractivity contribution in [2.24, 2.45) is 0 Å². The SMILES string of the molecule is CCC1CN(Cc2cccc(C#N)c2)CCS1. The predicted octanol–water partition coefficient (Wildman–Crippen LogP) is 2.89. The minimum Gasteiger partial charge on any atom is -0.297 e. The highest BCUT2D eigenvalue weighted by Gasteiger charge is 2.18.